The maximum Gasteiger partial charge on any atom is 0.319 e. The number of rotatable bonds is 5. The van der Waals surface area contributed by atoms with Crippen molar-refractivity contribution in [2.75, 3.05) is 19.5 Å². The Bertz CT molecular complexity index is 941. The maximum atomic E-state index is 13.0. The van der Waals surface area contributed by atoms with Crippen molar-refractivity contribution in [3.8, 4) is 11.5 Å². The molecule has 0 fully saturated rings. The van der Waals surface area contributed by atoms with Crippen molar-refractivity contribution >= 4 is 29.2 Å². The first-order chi connectivity index (χ1) is 13.4. The fourth-order valence-corrected chi connectivity index (χ4v) is 3.14. The average molecular weight is 402 g/mol. The molecule has 28 heavy (non-hydrogen) atoms. The number of hydrogen-bond acceptors (Lipinski definition) is 4. The number of carbonyl (C=O) groups is 2. The van der Waals surface area contributed by atoms with Gasteiger partial charge in [-0.15, -0.1) is 0 Å². The van der Waals surface area contributed by atoms with Crippen LogP contribution in [0.2, 0.25) is 5.02 Å². The summed E-state index contributed by atoms with van der Waals surface area (Å²) in [5.41, 5.74) is 2.06. The highest BCUT2D eigenvalue weighted by molar-refractivity contribution is 6.30. The lowest BCUT2D eigenvalue weighted by Gasteiger charge is -2.29. The van der Waals surface area contributed by atoms with E-state index in [9.17, 15) is 9.59 Å². The Kier molecular flexibility index (Phi) is 5.75. The van der Waals surface area contributed by atoms with Gasteiger partial charge in [0.05, 0.1) is 25.8 Å². The van der Waals surface area contributed by atoms with E-state index in [1.807, 2.05) is 0 Å². The highest BCUT2D eigenvalue weighted by Gasteiger charge is 2.33. The van der Waals surface area contributed by atoms with Gasteiger partial charge in [0.2, 0.25) is 0 Å². The van der Waals surface area contributed by atoms with E-state index in [1.165, 1.54) is 7.11 Å². The van der Waals surface area contributed by atoms with Gasteiger partial charge in [-0.1, -0.05) is 11.6 Å². The standard InChI is InChI=1S/C20H20ClN3O4/c1-11-17(19(25)23-13-6-4-12(21)5-7-13)18(24-20(26)22-11)15-9-8-14(27-2)10-16(15)28-3/h4-10,18H,1-3H3,(H,23,25)(H2,22,24,26)/t18-/m0/s1. The van der Waals surface area contributed by atoms with Gasteiger partial charge >= 0.3 is 6.03 Å². The average Bonchev–Trinajstić information content (AvgIpc) is 2.68. The van der Waals surface area contributed by atoms with Gasteiger partial charge in [-0.25, -0.2) is 4.79 Å². The Morgan fingerprint density at radius 1 is 1.11 bits per heavy atom. The van der Waals surface area contributed by atoms with Crippen molar-refractivity contribution in [3.05, 3.63) is 64.3 Å². The van der Waals surface area contributed by atoms with Crippen molar-refractivity contribution in [2.24, 2.45) is 0 Å². The third-order valence-electron chi connectivity index (χ3n) is 4.37. The summed E-state index contributed by atoms with van der Waals surface area (Å²) in [7, 11) is 3.07. The Hall–Kier alpha value is -3.19. The molecule has 1 aliphatic rings. The molecule has 3 N–H and O–H groups in total. The minimum absolute atomic E-state index is 0.352. The molecule has 3 amide bonds. The molecule has 2 aromatic carbocycles. The van der Waals surface area contributed by atoms with Crippen LogP contribution in [0.5, 0.6) is 11.5 Å². The summed E-state index contributed by atoms with van der Waals surface area (Å²) in [6, 6.07) is 10.9. The number of allylic oxidation sites excluding steroid dienone is 1. The maximum absolute atomic E-state index is 13.0. The Balaban J connectivity index is 1.99. The zero-order valence-corrected chi connectivity index (χ0v) is 16.4. The fourth-order valence-electron chi connectivity index (χ4n) is 3.02. The summed E-state index contributed by atoms with van der Waals surface area (Å²) in [4.78, 5) is 25.1. The van der Waals surface area contributed by atoms with Crippen LogP contribution in [-0.4, -0.2) is 26.2 Å². The lowest BCUT2D eigenvalue weighted by atomic mass is 9.94. The second kappa shape index (κ2) is 8.22. The molecule has 0 radical (unpaired) electrons. The largest absolute Gasteiger partial charge is 0.497 e. The Morgan fingerprint density at radius 2 is 1.82 bits per heavy atom. The second-order valence-electron chi connectivity index (χ2n) is 6.14. The summed E-state index contributed by atoms with van der Waals surface area (Å²) < 4.78 is 10.7. The molecule has 7 nitrogen and oxygen atoms in total. The van der Waals surface area contributed by atoms with E-state index in [0.717, 1.165) is 0 Å². The van der Waals surface area contributed by atoms with E-state index in [4.69, 9.17) is 21.1 Å². The first-order valence-electron chi connectivity index (χ1n) is 8.50. The first kappa shape index (κ1) is 19.6. The minimum atomic E-state index is -0.693. The van der Waals surface area contributed by atoms with Crippen molar-refractivity contribution in [1.29, 1.82) is 0 Å². The predicted molar refractivity (Wildman–Crippen MR) is 107 cm³/mol. The number of amides is 3. The van der Waals surface area contributed by atoms with Gasteiger partial charge in [0, 0.05) is 28.0 Å². The molecule has 2 aromatic rings. The van der Waals surface area contributed by atoms with E-state index < -0.39 is 12.1 Å². The molecule has 0 saturated carbocycles. The number of methoxy groups -OCH3 is 2. The number of carbonyl (C=O) groups excluding carboxylic acids is 2. The molecule has 0 unspecified atom stereocenters. The SMILES string of the molecule is COc1ccc([C@@H]2NC(=O)NC(C)=C2C(=O)Nc2ccc(Cl)cc2)c(OC)c1. The smallest absolute Gasteiger partial charge is 0.319 e. The molecule has 3 rings (SSSR count). The van der Waals surface area contributed by atoms with Gasteiger partial charge in [-0.2, -0.15) is 0 Å². The minimum Gasteiger partial charge on any atom is -0.497 e. The molecular weight excluding hydrogens is 382 g/mol. The molecule has 1 heterocycles. The van der Waals surface area contributed by atoms with E-state index >= 15 is 0 Å². The van der Waals surface area contributed by atoms with Crippen LogP contribution in [0.25, 0.3) is 0 Å². The third kappa shape index (κ3) is 4.04. The molecule has 0 saturated heterocycles. The van der Waals surface area contributed by atoms with Crippen LogP contribution >= 0.6 is 11.6 Å². The molecule has 8 heteroatoms. The van der Waals surface area contributed by atoms with Gasteiger partial charge in [0.25, 0.3) is 5.91 Å². The van der Waals surface area contributed by atoms with Crippen molar-refractivity contribution < 1.29 is 19.1 Å². The highest BCUT2D eigenvalue weighted by Crippen LogP contribution is 2.35. The lowest BCUT2D eigenvalue weighted by Crippen LogP contribution is -2.46. The van der Waals surface area contributed by atoms with E-state index in [0.29, 0.717) is 39.0 Å². The van der Waals surface area contributed by atoms with E-state index in [-0.39, 0.29) is 5.91 Å². The Labute approximate surface area is 167 Å². The van der Waals surface area contributed by atoms with Gasteiger partial charge in [-0.05, 0) is 43.3 Å². The third-order valence-corrected chi connectivity index (χ3v) is 4.62. The molecule has 0 aliphatic carbocycles. The van der Waals surface area contributed by atoms with Crippen molar-refractivity contribution in [2.45, 2.75) is 13.0 Å². The molecule has 1 atom stereocenters. The summed E-state index contributed by atoms with van der Waals surface area (Å²) in [6.45, 7) is 1.68. The second-order valence-corrected chi connectivity index (χ2v) is 6.58. The molecule has 146 valence electrons. The number of hydrogen-bond donors (Lipinski definition) is 3. The summed E-state index contributed by atoms with van der Waals surface area (Å²) in [5, 5.41) is 8.84. The number of nitrogens with one attached hydrogen (secondary N) is 3. The predicted octanol–water partition coefficient (Wildman–Crippen LogP) is 3.62. The topological polar surface area (TPSA) is 88.7 Å². The molecule has 1 aliphatic heterocycles. The summed E-state index contributed by atoms with van der Waals surface area (Å²) >= 11 is 5.89. The quantitative estimate of drug-likeness (QED) is 0.713. The first-order valence-corrected chi connectivity index (χ1v) is 8.88. The number of anilines is 1. The molecular formula is C20H20ClN3O4. The van der Waals surface area contributed by atoms with Gasteiger partial charge in [0.15, 0.2) is 0 Å². The number of urea groups is 1. The van der Waals surface area contributed by atoms with Crippen LogP contribution in [0.4, 0.5) is 10.5 Å². The number of ether oxygens (including phenoxy) is 2. The monoisotopic (exact) mass is 401 g/mol. The molecule has 0 bridgehead atoms. The Morgan fingerprint density at radius 3 is 2.46 bits per heavy atom. The van der Waals surface area contributed by atoms with E-state index in [1.54, 1.807) is 56.5 Å². The van der Waals surface area contributed by atoms with Crippen LogP contribution in [-0.2, 0) is 4.79 Å². The zero-order chi connectivity index (χ0) is 20.3. The fraction of sp³-hybridized carbons (Fsp3) is 0.200. The lowest BCUT2D eigenvalue weighted by molar-refractivity contribution is -0.113. The zero-order valence-electron chi connectivity index (χ0n) is 15.6. The van der Waals surface area contributed by atoms with Crippen molar-refractivity contribution in [1.82, 2.24) is 10.6 Å². The van der Waals surface area contributed by atoms with Gasteiger partial charge in [0.1, 0.15) is 11.5 Å². The normalized spacial score (nSPS) is 16.1. The molecule has 0 spiro atoms. The molecule has 0 aromatic heterocycles. The van der Waals surface area contributed by atoms with Gasteiger partial charge in [-0.3, -0.25) is 4.79 Å². The number of benzene rings is 2. The van der Waals surface area contributed by atoms with Crippen LogP contribution in [0, 0.1) is 0 Å². The van der Waals surface area contributed by atoms with Crippen LogP contribution in [0.15, 0.2) is 53.7 Å². The van der Waals surface area contributed by atoms with Crippen LogP contribution in [0.1, 0.15) is 18.5 Å². The van der Waals surface area contributed by atoms with Gasteiger partial charge < -0.3 is 25.4 Å². The van der Waals surface area contributed by atoms with E-state index in [2.05, 4.69) is 16.0 Å². The van der Waals surface area contributed by atoms with Crippen LogP contribution < -0.4 is 25.4 Å². The highest BCUT2D eigenvalue weighted by atomic mass is 35.5. The summed E-state index contributed by atoms with van der Waals surface area (Å²) in [6.07, 6.45) is 0. The van der Waals surface area contributed by atoms with Crippen molar-refractivity contribution in [3.63, 3.8) is 0 Å². The summed E-state index contributed by atoms with van der Waals surface area (Å²) in [5.74, 6) is 0.750. The number of halogens is 1. The van der Waals surface area contributed by atoms with Crippen LogP contribution in [0.3, 0.4) is 0 Å².